The lowest BCUT2D eigenvalue weighted by Gasteiger charge is -2.37. The third-order valence-corrected chi connectivity index (χ3v) is 2.26. The molecule has 0 aromatic rings. The Hall–Kier alpha value is -0.0800. The summed E-state index contributed by atoms with van der Waals surface area (Å²) in [6, 6.07) is 0. The van der Waals surface area contributed by atoms with Crippen LogP contribution in [0.15, 0.2) is 0 Å². The SMILES string of the molecule is CC(C)OOC(C)(C)C(C)(C)C. The quantitative estimate of drug-likeness (QED) is 0.483. The van der Waals surface area contributed by atoms with Crippen LogP contribution in [-0.4, -0.2) is 11.7 Å². The maximum Gasteiger partial charge on any atom is 0.103 e. The minimum Gasteiger partial charge on any atom is -0.233 e. The zero-order valence-corrected chi connectivity index (χ0v) is 9.39. The lowest BCUT2D eigenvalue weighted by molar-refractivity contribution is -0.389. The second kappa shape index (κ2) is 3.75. The molecule has 0 aliphatic rings. The second-order valence-corrected chi connectivity index (χ2v) is 4.99. The van der Waals surface area contributed by atoms with Crippen LogP contribution in [0.1, 0.15) is 48.5 Å². The lowest BCUT2D eigenvalue weighted by atomic mass is 9.79. The Morgan fingerprint density at radius 3 is 1.58 bits per heavy atom. The molecule has 74 valence electrons. The predicted molar refractivity (Wildman–Crippen MR) is 50.8 cm³/mol. The van der Waals surface area contributed by atoms with Crippen molar-refractivity contribution in [2.24, 2.45) is 5.41 Å². The van der Waals surface area contributed by atoms with E-state index in [4.69, 9.17) is 9.78 Å². The second-order valence-electron chi connectivity index (χ2n) is 4.99. The van der Waals surface area contributed by atoms with Gasteiger partial charge in [0.15, 0.2) is 0 Å². The summed E-state index contributed by atoms with van der Waals surface area (Å²) in [5, 5.41) is 0. The largest absolute Gasteiger partial charge is 0.233 e. The summed E-state index contributed by atoms with van der Waals surface area (Å²) in [4.78, 5) is 10.5. The van der Waals surface area contributed by atoms with Crippen LogP contribution in [0.25, 0.3) is 0 Å². The van der Waals surface area contributed by atoms with Crippen molar-refractivity contribution < 1.29 is 9.78 Å². The molecule has 0 bridgehead atoms. The van der Waals surface area contributed by atoms with E-state index in [2.05, 4.69) is 20.8 Å². The first-order valence-corrected chi connectivity index (χ1v) is 4.51. The van der Waals surface area contributed by atoms with Gasteiger partial charge < -0.3 is 0 Å². The molecule has 0 saturated carbocycles. The molecule has 0 heterocycles. The van der Waals surface area contributed by atoms with Crippen molar-refractivity contribution in [3.8, 4) is 0 Å². The topological polar surface area (TPSA) is 18.5 Å². The van der Waals surface area contributed by atoms with E-state index in [1.165, 1.54) is 0 Å². The molecule has 0 saturated heterocycles. The summed E-state index contributed by atoms with van der Waals surface area (Å²) < 4.78 is 0. The summed E-state index contributed by atoms with van der Waals surface area (Å²) in [5.41, 5.74) is -0.167. The molecule has 12 heavy (non-hydrogen) atoms. The highest BCUT2D eigenvalue weighted by Crippen LogP contribution is 2.33. The average Bonchev–Trinajstić information content (AvgIpc) is 1.81. The van der Waals surface area contributed by atoms with Crippen molar-refractivity contribution in [1.29, 1.82) is 0 Å². The molecule has 2 nitrogen and oxygen atoms in total. The van der Waals surface area contributed by atoms with Crippen LogP contribution in [0.5, 0.6) is 0 Å². The first-order chi connectivity index (χ1) is 5.17. The molecule has 0 N–H and O–H groups in total. The zero-order chi connectivity index (χ0) is 9.99. The number of hydrogen-bond donors (Lipinski definition) is 0. The van der Waals surface area contributed by atoms with Crippen molar-refractivity contribution in [3.05, 3.63) is 0 Å². The van der Waals surface area contributed by atoms with Gasteiger partial charge in [0.05, 0.1) is 6.10 Å². The van der Waals surface area contributed by atoms with Gasteiger partial charge in [0.25, 0.3) is 0 Å². The molecule has 0 aliphatic carbocycles. The zero-order valence-electron chi connectivity index (χ0n) is 9.39. The minimum absolute atomic E-state index is 0.0852. The van der Waals surface area contributed by atoms with E-state index in [9.17, 15) is 0 Å². The van der Waals surface area contributed by atoms with Crippen molar-refractivity contribution >= 4 is 0 Å². The van der Waals surface area contributed by atoms with E-state index >= 15 is 0 Å². The fourth-order valence-electron chi connectivity index (χ4n) is 0.342. The summed E-state index contributed by atoms with van der Waals surface area (Å²) in [5.74, 6) is 0. The third kappa shape index (κ3) is 3.55. The van der Waals surface area contributed by atoms with Crippen LogP contribution in [0.2, 0.25) is 0 Å². The van der Waals surface area contributed by atoms with E-state index in [-0.39, 0.29) is 17.1 Å². The van der Waals surface area contributed by atoms with Crippen LogP contribution in [0, 0.1) is 5.41 Å². The molecule has 0 unspecified atom stereocenters. The molecule has 0 radical (unpaired) electrons. The van der Waals surface area contributed by atoms with Gasteiger partial charge in [-0.05, 0) is 33.1 Å². The Bertz CT molecular complexity index is 131. The van der Waals surface area contributed by atoms with Gasteiger partial charge in [0.1, 0.15) is 5.60 Å². The molecule has 0 aromatic heterocycles. The Morgan fingerprint density at radius 2 is 1.33 bits per heavy atom. The van der Waals surface area contributed by atoms with Crippen molar-refractivity contribution in [1.82, 2.24) is 0 Å². The van der Waals surface area contributed by atoms with Crippen molar-refractivity contribution in [2.45, 2.75) is 60.2 Å². The molecule has 0 aromatic carbocycles. The maximum atomic E-state index is 5.36. The molecule has 0 atom stereocenters. The molecule has 0 fully saturated rings. The predicted octanol–water partition coefficient (Wildman–Crippen LogP) is 3.17. The fourth-order valence-corrected chi connectivity index (χ4v) is 0.342. The molecule has 0 rings (SSSR count). The summed E-state index contributed by atoms with van der Waals surface area (Å²) in [6.07, 6.45) is 0.117. The van der Waals surface area contributed by atoms with Gasteiger partial charge in [-0.25, -0.2) is 9.78 Å². The van der Waals surface area contributed by atoms with E-state index in [0.29, 0.717) is 0 Å². The van der Waals surface area contributed by atoms with E-state index in [1.807, 2.05) is 27.7 Å². The van der Waals surface area contributed by atoms with Crippen molar-refractivity contribution in [3.63, 3.8) is 0 Å². The van der Waals surface area contributed by atoms with Gasteiger partial charge in [-0.1, -0.05) is 20.8 Å². The monoisotopic (exact) mass is 174 g/mol. The third-order valence-electron chi connectivity index (χ3n) is 2.26. The van der Waals surface area contributed by atoms with Gasteiger partial charge in [0, 0.05) is 0 Å². The van der Waals surface area contributed by atoms with E-state index < -0.39 is 0 Å². The molecule has 0 aliphatic heterocycles. The normalized spacial score (nSPS) is 14.0. The molecular weight excluding hydrogens is 152 g/mol. The smallest absolute Gasteiger partial charge is 0.103 e. The highest BCUT2D eigenvalue weighted by Gasteiger charge is 2.35. The Balaban J connectivity index is 4.05. The Morgan fingerprint density at radius 1 is 0.917 bits per heavy atom. The maximum absolute atomic E-state index is 5.36. The molecule has 0 amide bonds. The van der Waals surface area contributed by atoms with Crippen LogP contribution in [-0.2, 0) is 9.78 Å². The standard InChI is InChI=1S/C10H22O2/c1-8(2)11-12-10(6,7)9(3,4)5/h8H,1-7H3. The van der Waals surface area contributed by atoms with E-state index in [1.54, 1.807) is 0 Å². The summed E-state index contributed by atoms with van der Waals surface area (Å²) in [6.45, 7) is 14.4. The van der Waals surface area contributed by atoms with Crippen LogP contribution < -0.4 is 0 Å². The van der Waals surface area contributed by atoms with Gasteiger partial charge >= 0.3 is 0 Å². The molecular formula is C10H22O2. The summed E-state index contributed by atoms with van der Waals surface area (Å²) in [7, 11) is 0. The highest BCUT2D eigenvalue weighted by molar-refractivity contribution is 4.82. The highest BCUT2D eigenvalue weighted by atomic mass is 17.2. The number of hydrogen-bond acceptors (Lipinski definition) is 2. The lowest BCUT2D eigenvalue weighted by Crippen LogP contribution is -2.40. The van der Waals surface area contributed by atoms with Gasteiger partial charge in [0.2, 0.25) is 0 Å². The van der Waals surface area contributed by atoms with Crippen LogP contribution in [0.3, 0.4) is 0 Å². The van der Waals surface area contributed by atoms with Crippen LogP contribution >= 0.6 is 0 Å². The van der Waals surface area contributed by atoms with Gasteiger partial charge in [-0.3, -0.25) is 0 Å². The summed E-state index contributed by atoms with van der Waals surface area (Å²) >= 11 is 0. The average molecular weight is 174 g/mol. The van der Waals surface area contributed by atoms with Crippen LogP contribution in [0.4, 0.5) is 0 Å². The molecule has 0 spiro atoms. The minimum atomic E-state index is -0.253. The Labute approximate surface area is 76.2 Å². The van der Waals surface area contributed by atoms with Gasteiger partial charge in [-0.2, -0.15) is 0 Å². The van der Waals surface area contributed by atoms with Gasteiger partial charge in [-0.15, -0.1) is 0 Å². The first-order valence-electron chi connectivity index (χ1n) is 4.51. The van der Waals surface area contributed by atoms with Crippen molar-refractivity contribution in [2.75, 3.05) is 0 Å². The fraction of sp³-hybridized carbons (Fsp3) is 1.00. The molecule has 2 heteroatoms. The number of rotatable bonds is 3. The van der Waals surface area contributed by atoms with E-state index in [0.717, 1.165) is 0 Å². The first kappa shape index (κ1) is 11.9. The Kier molecular flexibility index (Phi) is 3.73.